The summed E-state index contributed by atoms with van der Waals surface area (Å²) in [6, 6.07) is 0.950. The van der Waals surface area contributed by atoms with Gasteiger partial charge in [0.15, 0.2) is 5.13 Å². The molecule has 35 heavy (non-hydrogen) atoms. The molecule has 2 atom stereocenters. The topological polar surface area (TPSA) is 77.6 Å². The van der Waals surface area contributed by atoms with Crippen LogP contribution in [0.5, 0.6) is 0 Å². The molecule has 2 N–H and O–H groups in total. The van der Waals surface area contributed by atoms with Crippen molar-refractivity contribution in [2.45, 2.75) is 54.9 Å². The van der Waals surface area contributed by atoms with Crippen LogP contribution in [0.15, 0.2) is 28.6 Å². The first kappa shape index (κ1) is 26.4. The van der Waals surface area contributed by atoms with Crippen LogP contribution in [0.25, 0.3) is 0 Å². The predicted molar refractivity (Wildman–Crippen MR) is 128 cm³/mol. The van der Waals surface area contributed by atoms with Crippen molar-refractivity contribution >= 4 is 43.8 Å². The number of nitrogens with one attached hydrogen (secondary N) is 2. The van der Waals surface area contributed by atoms with E-state index in [9.17, 15) is 26.0 Å². The summed E-state index contributed by atoms with van der Waals surface area (Å²) in [5.41, 5.74) is 0.145. The molecular weight excluding hydrogens is 530 g/mol. The van der Waals surface area contributed by atoms with Gasteiger partial charge in [-0.05, 0) is 32.0 Å². The first-order chi connectivity index (χ1) is 16.4. The number of likely N-dealkylation sites (tertiary alicyclic amines) is 1. The monoisotopic (exact) mass is 555 g/mol. The molecule has 14 heteroatoms. The van der Waals surface area contributed by atoms with Crippen molar-refractivity contribution in [1.82, 2.24) is 14.8 Å². The minimum atomic E-state index is -4.35. The number of benzene rings is 1. The summed E-state index contributed by atoms with van der Waals surface area (Å²) in [7, 11) is -2.41. The zero-order chi connectivity index (χ0) is 25.4. The van der Waals surface area contributed by atoms with Crippen molar-refractivity contribution < 1.29 is 26.0 Å². The third kappa shape index (κ3) is 6.37. The molecule has 7 nitrogen and oxygen atoms in total. The minimum Gasteiger partial charge on any atom is -0.379 e. The summed E-state index contributed by atoms with van der Waals surface area (Å²) >= 11 is 7.37. The van der Waals surface area contributed by atoms with Gasteiger partial charge in [0, 0.05) is 42.8 Å². The fourth-order valence-corrected chi connectivity index (χ4v) is 6.92. The molecule has 194 valence electrons. The molecule has 1 aliphatic heterocycles. The molecule has 1 saturated carbocycles. The first-order valence-electron chi connectivity index (χ1n) is 11.1. The van der Waals surface area contributed by atoms with E-state index in [2.05, 4.69) is 15.0 Å². The van der Waals surface area contributed by atoms with Gasteiger partial charge in [-0.2, -0.15) is 13.2 Å². The van der Waals surface area contributed by atoms with Crippen LogP contribution in [0.4, 0.5) is 28.4 Å². The van der Waals surface area contributed by atoms with Crippen LogP contribution in [0.2, 0.25) is 5.02 Å². The highest BCUT2D eigenvalue weighted by Crippen LogP contribution is 2.35. The Kier molecular flexibility index (Phi) is 7.82. The van der Waals surface area contributed by atoms with Gasteiger partial charge in [-0.15, -0.1) is 11.3 Å². The van der Waals surface area contributed by atoms with Crippen LogP contribution < -0.4 is 10.0 Å². The zero-order valence-electron chi connectivity index (χ0n) is 18.9. The number of thiazole rings is 1. The predicted octanol–water partition coefficient (Wildman–Crippen LogP) is 4.64. The Morgan fingerprint density at radius 2 is 1.97 bits per heavy atom. The lowest BCUT2D eigenvalue weighted by molar-refractivity contribution is -0.166. The van der Waals surface area contributed by atoms with Gasteiger partial charge in [-0.1, -0.05) is 24.4 Å². The van der Waals surface area contributed by atoms with Crippen molar-refractivity contribution in [2.75, 3.05) is 36.7 Å². The standard InChI is InChI=1S/C21H26ClF4N5O2S2/c1-30-10-13(11-30)31(12-21(24,25)26)18-5-3-2-4-16(18)28-17-9-15(23)19(8-14(17)22)35(32,33)29-20-27-6-7-34-20/h6-9,13,16,18,28H,2-5,10-12H2,1H3,(H,27,29)/t16?,18-/m0/s1. The molecule has 1 aromatic carbocycles. The molecule has 2 fully saturated rings. The molecule has 1 unspecified atom stereocenters. The third-order valence-electron chi connectivity index (χ3n) is 6.34. The lowest BCUT2D eigenvalue weighted by atomic mass is 9.87. The lowest BCUT2D eigenvalue weighted by Gasteiger charge is -2.50. The van der Waals surface area contributed by atoms with Crippen LogP contribution in [0.1, 0.15) is 25.7 Å². The minimum absolute atomic E-state index is 0.0408. The number of halogens is 5. The van der Waals surface area contributed by atoms with Gasteiger partial charge in [0.05, 0.1) is 17.3 Å². The molecule has 0 radical (unpaired) electrons. The van der Waals surface area contributed by atoms with E-state index in [4.69, 9.17) is 11.6 Å². The Bertz CT molecular complexity index is 1130. The molecule has 2 aromatic rings. The van der Waals surface area contributed by atoms with Gasteiger partial charge in [0.25, 0.3) is 10.0 Å². The van der Waals surface area contributed by atoms with Gasteiger partial charge in [0.1, 0.15) is 10.7 Å². The van der Waals surface area contributed by atoms with Crippen LogP contribution in [0, 0.1) is 5.82 Å². The number of hydrogen-bond donors (Lipinski definition) is 2. The van der Waals surface area contributed by atoms with Crippen molar-refractivity contribution in [2.24, 2.45) is 0 Å². The smallest absolute Gasteiger partial charge is 0.379 e. The number of rotatable bonds is 8. The van der Waals surface area contributed by atoms with Crippen LogP contribution in [0.3, 0.4) is 0 Å². The number of aromatic nitrogens is 1. The molecular formula is C21H26ClF4N5O2S2. The summed E-state index contributed by atoms with van der Waals surface area (Å²) in [5, 5.41) is 4.73. The summed E-state index contributed by atoms with van der Waals surface area (Å²) in [6.45, 7) is 0.0801. The van der Waals surface area contributed by atoms with E-state index >= 15 is 0 Å². The van der Waals surface area contributed by atoms with Gasteiger partial charge in [-0.3, -0.25) is 9.62 Å². The Morgan fingerprint density at radius 3 is 2.60 bits per heavy atom. The largest absolute Gasteiger partial charge is 0.401 e. The second-order valence-electron chi connectivity index (χ2n) is 8.97. The molecule has 1 saturated heterocycles. The summed E-state index contributed by atoms with van der Waals surface area (Å²) in [5.74, 6) is -1.03. The van der Waals surface area contributed by atoms with E-state index in [1.165, 1.54) is 11.1 Å². The van der Waals surface area contributed by atoms with Gasteiger partial charge in [-0.25, -0.2) is 17.8 Å². The number of likely N-dealkylation sites (N-methyl/N-ethyl adjacent to an activating group) is 1. The van der Waals surface area contributed by atoms with Crippen LogP contribution >= 0.6 is 22.9 Å². The summed E-state index contributed by atoms with van der Waals surface area (Å²) in [4.78, 5) is 6.66. The molecule has 2 aliphatic rings. The maximum absolute atomic E-state index is 14.9. The van der Waals surface area contributed by atoms with Crippen molar-refractivity contribution in [3.05, 3.63) is 34.5 Å². The van der Waals surface area contributed by atoms with E-state index in [0.29, 0.717) is 25.9 Å². The number of sulfonamides is 1. The molecule has 0 spiro atoms. The molecule has 0 bridgehead atoms. The van der Waals surface area contributed by atoms with E-state index in [1.54, 1.807) is 5.38 Å². The molecule has 0 amide bonds. The Hall–Kier alpha value is -1.67. The number of alkyl halides is 3. The fourth-order valence-electron chi connectivity index (χ4n) is 4.77. The molecule has 1 aliphatic carbocycles. The Morgan fingerprint density at radius 1 is 1.26 bits per heavy atom. The highest BCUT2D eigenvalue weighted by atomic mass is 35.5. The number of nitrogens with zero attached hydrogens (tertiary/aromatic N) is 3. The summed E-state index contributed by atoms with van der Waals surface area (Å²) < 4.78 is 82.6. The van der Waals surface area contributed by atoms with Crippen molar-refractivity contribution in [1.29, 1.82) is 0 Å². The second kappa shape index (κ2) is 10.4. The molecule has 1 aromatic heterocycles. The van der Waals surface area contributed by atoms with E-state index in [0.717, 1.165) is 36.3 Å². The van der Waals surface area contributed by atoms with E-state index in [-0.39, 0.29) is 21.9 Å². The maximum atomic E-state index is 14.9. The van der Waals surface area contributed by atoms with Crippen molar-refractivity contribution in [3.8, 4) is 0 Å². The first-order valence-corrected chi connectivity index (χ1v) is 13.9. The van der Waals surface area contributed by atoms with Gasteiger partial charge < -0.3 is 10.2 Å². The number of hydrogen-bond acceptors (Lipinski definition) is 7. The SMILES string of the molecule is CN1CC(N(CC(F)(F)F)[C@H]2CCCCC2Nc2cc(F)c(S(=O)(=O)Nc3nccs3)cc2Cl)C1. The van der Waals surface area contributed by atoms with Crippen LogP contribution in [-0.2, 0) is 10.0 Å². The number of anilines is 2. The average Bonchev–Trinajstić information content (AvgIpc) is 3.24. The Labute approximate surface area is 210 Å². The Balaban J connectivity index is 1.56. The summed E-state index contributed by atoms with van der Waals surface area (Å²) in [6.07, 6.45) is -0.183. The highest BCUT2D eigenvalue weighted by molar-refractivity contribution is 7.93. The normalized spacial score (nSPS) is 22.3. The van der Waals surface area contributed by atoms with Crippen LogP contribution in [-0.4, -0.2) is 74.2 Å². The highest BCUT2D eigenvalue weighted by Gasteiger charge is 2.43. The van der Waals surface area contributed by atoms with E-state index in [1.807, 2.05) is 11.9 Å². The average molecular weight is 556 g/mol. The third-order valence-corrected chi connectivity index (χ3v) is 8.82. The quantitative estimate of drug-likeness (QED) is 0.462. The second-order valence-corrected chi connectivity index (χ2v) is 11.9. The van der Waals surface area contributed by atoms with Gasteiger partial charge in [0.2, 0.25) is 0 Å². The fraction of sp³-hybridized carbons (Fsp3) is 0.571. The molecule has 4 rings (SSSR count). The van der Waals surface area contributed by atoms with E-state index < -0.39 is 45.5 Å². The maximum Gasteiger partial charge on any atom is 0.401 e. The molecule has 2 heterocycles. The lowest BCUT2D eigenvalue weighted by Crippen LogP contribution is -2.65. The van der Waals surface area contributed by atoms with Gasteiger partial charge >= 0.3 is 6.18 Å². The van der Waals surface area contributed by atoms with Crippen molar-refractivity contribution in [3.63, 3.8) is 0 Å². The zero-order valence-corrected chi connectivity index (χ0v) is 21.2.